The Morgan fingerprint density at radius 1 is 1.00 bits per heavy atom. The molecule has 0 bridgehead atoms. The molecule has 0 aliphatic carbocycles. The summed E-state index contributed by atoms with van der Waals surface area (Å²) in [5.41, 5.74) is 0.810. The molecule has 1 aliphatic heterocycles. The lowest BCUT2D eigenvalue weighted by atomic mass is 9.79. The molecular weight excluding hydrogens is 223 g/mol. The molecule has 0 saturated carbocycles. The molecule has 104 valence electrons. The fraction of sp³-hybridized carbons (Fsp3) is 0.867. The van der Waals surface area contributed by atoms with E-state index in [4.69, 9.17) is 9.31 Å². The van der Waals surface area contributed by atoms with Gasteiger partial charge in [0.05, 0.1) is 11.2 Å². The third-order valence-electron chi connectivity index (χ3n) is 4.14. The average molecular weight is 252 g/mol. The Morgan fingerprint density at radius 2 is 1.56 bits per heavy atom. The van der Waals surface area contributed by atoms with Crippen molar-refractivity contribution in [2.24, 2.45) is 0 Å². The minimum Gasteiger partial charge on any atom is -0.403 e. The van der Waals surface area contributed by atoms with E-state index in [-0.39, 0.29) is 18.3 Å². The maximum atomic E-state index is 5.98. The first-order valence-corrected chi connectivity index (χ1v) is 7.31. The van der Waals surface area contributed by atoms with Crippen molar-refractivity contribution >= 4 is 7.12 Å². The lowest BCUT2D eigenvalue weighted by Gasteiger charge is -2.32. The Hall–Kier alpha value is -0.275. The summed E-state index contributed by atoms with van der Waals surface area (Å²) in [5.74, 6) is 0. The molecule has 0 N–H and O–H groups in total. The van der Waals surface area contributed by atoms with Crippen LogP contribution in [0.3, 0.4) is 0 Å². The van der Waals surface area contributed by atoms with Crippen LogP contribution < -0.4 is 0 Å². The van der Waals surface area contributed by atoms with E-state index in [1.165, 1.54) is 31.3 Å². The van der Waals surface area contributed by atoms with Crippen molar-refractivity contribution < 1.29 is 9.31 Å². The van der Waals surface area contributed by atoms with Crippen LogP contribution in [0.15, 0.2) is 12.2 Å². The fourth-order valence-corrected chi connectivity index (χ4v) is 2.19. The molecule has 1 heterocycles. The van der Waals surface area contributed by atoms with E-state index in [1.807, 2.05) is 0 Å². The van der Waals surface area contributed by atoms with Gasteiger partial charge in [0.1, 0.15) is 0 Å². The van der Waals surface area contributed by atoms with Gasteiger partial charge in [0.2, 0.25) is 0 Å². The Kier molecular flexibility index (Phi) is 5.48. The SMILES string of the molecule is C=C(CCCCCC)CB1OC(C)(C)C(C)(C)O1. The normalized spacial score (nSPS) is 21.3. The van der Waals surface area contributed by atoms with Gasteiger partial charge in [-0.3, -0.25) is 0 Å². The van der Waals surface area contributed by atoms with Crippen LogP contribution in [0.1, 0.15) is 66.7 Å². The van der Waals surface area contributed by atoms with E-state index >= 15 is 0 Å². The van der Waals surface area contributed by atoms with Gasteiger partial charge in [0.15, 0.2) is 0 Å². The summed E-state index contributed by atoms with van der Waals surface area (Å²) in [6, 6.07) is 0. The number of hydrogen-bond donors (Lipinski definition) is 0. The lowest BCUT2D eigenvalue weighted by molar-refractivity contribution is 0.00578. The Morgan fingerprint density at radius 3 is 2.06 bits per heavy atom. The predicted octanol–water partition coefficient (Wildman–Crippen LogP) is 4.61. The smallest absolute Gasteiger partial charge is 0.403 e. The summed E-state index contributed by atoms with van der Waals surface area (Å²) in [6.07, 6.45) is 7.08. The van der Waals surface area contributed by atoms with Crippen molar-refractivity contribution in [3.05, 3.63) is 12.2 Å². The van der Waals surface area contributed by atoms with Crippen molar-refractivity contribution in [3.8, 4) is 0 Å². The zero-order chi connectivity index (χ0) is 13.8. The summed E-state index contributed by atoms with van der Waals surface area (Å²) in [4.78, 5) is 0. The van der Waals surface area contributed by atoms with Gasteiger partial charge in [-0.2, -0.15) is 0 Å². The molecule has 18 heavy (non-hydrogen) atoms. The molecular formula is C15H29BO2. The highest BCUT2D eigenvalue weighted by atomic mass is 16.7. The van der Waals surface area contributed by atoms with E-state index in [0.717, 1.165) is 12.7 Å². The minimum absolute atomic E-state index is 0.117. The largest absolute Gasteiger partial charge is 0.462 e. The van der Waals surface area contributed by atoms with Crippen LogP contribution >= 0.6 is 0 Å². The molecule has 1 rings (SSSR count). The van der Waals surface area contributed by atoms with Crippen LogP contribution in [0.2, 0.25) is 6.32 Å². The van der Waals surface area contributed by atoms with Gasteiger partial charge in [-0.15, -0.1) is 6.58 Å². The monoisotopic (exact) mass is 252 g/mol. The summed E-state index contributed by atoms with van der Waals surface area (Å²) in [7, 11) is -0.117. The second-order valence-corrected chi connectivity index (χ2v) is 6.45. The van der Waals surface area contributed by atoms with E-state index in [1.54, 1.807) is 0 Å². The summed E-state index contributed by atoms with van der Waals surface area (Å²) in [6.45, 7) is 14.8. The van der Waals surface area contributed by atoms with Gasteiger partial charge < -0.3 is 9.31 Å². The van der Waals surface area contributed by atoms with Crippen LogP contribution in [0.25, 0.3) is 0 Å². The molecule has 1 fully saturated rings. The number of rotatable bonds is 7. The number of hydrogen-bond acceptors (Lipinski definition) is 2. The highest BCUT2D eigenvalue weighted by Gasteiger charge is 2.50. The topological polar surface area (TPSA) is 18.5 Å². The summed E-state index contributed by atoms with van der Waals surface area (Å²) in [5, 5.41) is 0. The molecule has 3 heteroatoms. The first-order chi connectivity index (χ1) is 8.28. The number of unbranched alkanes of at least 4 members (excludes halogenated alkanes) is 3. The van der Waals surface area contributed by atoms with Crippen LogP contribution in [0.5, 0.6) is 0 Å². The fourth-order valence-electron chi connectivity index (χ4n) is 2.19. The van der Waals surface area contributed by atoms with Gasteiger partial charge in [-0.05, 0) is 40.5 Å². The highest BCUT2D eigenvalue weighted by molar-refractivity contribution is 6.46. The lowest BCUT2D eigenvalue weighted by Crippen LogP contribution is -2.41. The molecule has 0 aromatic carbocycles. The molecule has 0 amide bonds. The van der Waals surface area contributed by atoms with Gasteiger partial charge in [0.25, 0.3) is 0 Å². The van der Waals surface area contributed by atoms with E-state index in [0.29, 0.717) is 0 Å². The van der Waals surface area contributed by atoms with Crippen molar-refractivity contribution in [2.45, 2.75) is 84.2 Å². The van der Waals surface area contributed by atoms with Crippen LogP contribution in [-0.4, -0.2) is 18.3 Å². The van der Waals surface area contributed by atoms with Crippen LogP contribution in [-0.2, 0) is 9.31 Å². The van der Waals surface area contributed by atoms with Crippen molar-refractivity contribution in [1.29, 1.82) is 0 Å². The molecule has 1 saturated heterocycles. The Bertz CT molecular complexity index is 268. The third-order valence-corrected chi connectivity index (χ3v) is 4.14. The van der Waals surface area contributed by atoms with E-state index in [2.05, 4.69) is 41.2 Å². The van der Waals surface area contributed by atoms with Gasteiger partial charge >= 0.3 is 7.12 Å². The molecule has 0 unspecified atom stereocenters. The summed E-state index contributed by atoms with van der Waals surface area (Å²) >= 11 is 0. The first kappa shape index (κ1) is 15.8. The molecule has 1 aliphatic rings. The van der Waals surface area contributed by atoms with E-state index in [9.17, 15) is 0 Å². The average Bonchev–Trinajstić information content (AvgIpc) is 2.42. The van der Waals surface area contributed by atoms with E-state index < -0.39 is 0 Å². The zero-order valence-electron chi connectivity index (χ0n) is 12.8. The molecule has 0 aromatic heterocycles. The Labute approximate surface area is 113 Å². The second-order valence-electron chi connectivity index (χ2n) is 6.45. The number of allylic oxidation sites excluding steroid dienone is 1. The maximum Gasteiger partial charge on any atom is 0.462 e. The predicted molar refractivity (Wildman–Crippen MR) is 78.8 cm³/mol. The first-order valence-electron chi connectivity index (χ1n) is 7.31. The highest BCUT2D eigenvalue weighted by Crippen LogP contribution is 2.38. The molecule has 0 aromatic rings. The van der Waals surface area contributed by atoms with Gasteiger partial charge in [-0.1, -0.05) is 31.8 Å². The summed E-state index contributed by atoms with van der Waals surface area (Å²) < 4.78 is 12.0. The standard InChI is InChI=1S/C15H29BO2/c1-7-8-9-10-11-13(2)12-16-17-14(3,4)15(5,6)18-16/h2,7-12H2,1,3-6H3. The van der Waals surface area contributed by atoms with Crippen molar-refractivity contribution in [3.63, 3.8) is 0 Å². The van der Waals surface area contributed by atoms with Gasteiger partial charge in [0, 0.05) is 6.32 Å². The van der Waals surface area contributed by atoms with Crippen LogP contribution in [0.4, 0.5) is 0 Å². The van der Waals surface area contributed by atoms with Crippen LogP contribution in [0, 0.1) is 0 Å². The third kappa shape index (κ3) is 4.13. The van der Waals surface area contributed by atoms with Crippen molar-refractivity contribution in [1.82, 2.24) is 0 Å². The minimum atomic E-state index is -0.222. The molecule has 0 atom stereocenters. The molecule has 0 spiro atoms. The second kappa shape index (κ2) is 6.25. The quantitative estimate of drug-likeness (QED) is 0.374. The Balaban J connectivity index is 2.30. The molecule has 0 radical (unpaired) electrons. The maximum absolute atomic E-state index is 5.98. The van der Waals surface area contributed by atoms with Crippen molar-refractivity contribution in [2.75, 3.05) is 0 Å². The van der Waals surface area contributed by atoms with Gasteiger partial charge in [-0.25, -0.2) is 0 Å². The zero-order valence-corrected chi connectivity index (χ0v) is 12.8. The molecule has 2 nitrogen and oxygen atoms in total.